The third kappa shape index (κ3) is 36.9. The summed E-state index contributed by atoms with van der Waals surface area (Å²) in [6.07, 6.45) is 47.5. The molecule has 0 rings (SSSR count). The van der Waals surface area contributed by atoms with Crippen LogP contribution in [0.2, 0.25) is 0 Å². The summed E-state index contributed by atoms with van der Waals surface area (Å²) in [5.74, 6) is -0.286. The lowest BCUT2D eigenvalue weighted by Gasteiger charge is -2.23. The number of carbonyl (C=O) groups excluding carboxylic acids is 1. The summed E-state index contributed by atoms with van der Waals surface area (Å²) in [6.45, 7) is 4.26. The molecule has 0 aliphatic heterocycles. The molecule has 50 heavy (non-hydrogen) atoms. The Morgan fingerprint density at radius 1 is 0.480 bits per heavy atom. The van der Waals surface area contributed by atoms with Gasteiger partial charge in [0, 0.05) is 0 Å². The fraction of sp³-hybridized carbons (Fsp3) is 0.933. The van der Waals surface area contributed by atoms with Crippen LogP contribution in [-0.4, -0.2) is 46.1 Å². The van der Waals surface area contributed by atoms with Gasteiger partial charge in [-0.15, -0.1) is 0 Å². The van der Waals surface area contributed by atoms with Crippen LogP contribution >= 0.6 is 0 Å². The number of carbonyl (C=O) groups is 1. The predicted molar refractivity (Wildman–Crippen MR) is 218 cm³/mol. The Labute approximate surface area is 312 Å². The maximum absolute atomic E-state index is 12.4. The lowest BCUT2D eigenvalue weighted by Crippen LogP contribution is -2.46. The van der Waals surface area contributed by atoms with Gasteiger partial charge in [0.1, 0.15) is 0 Å². The van der Waals surface area contributed by atoms with E-state index in [-0.39, 0.29) is 18.9 Å². The van der Waals surface area contributed by atoms with Crippen LogP contribution in [0.15, 0.2) is 12.2 Å². The lowest BCUT2D eigenvalue weighted by molar-refractivity contribution is -0.125. The van der Waals surface area contributed by atoms with E-state index in [0.717, 1.165) is 32.1 Å². The summed E-state index contributed by atoms with van der Waals surface area (Å²) >= 11 is 0. The van der Waals surface area contributed by atoms with Crippen molar-refractivity contribution in [2.75, 3.05) is 6.61 Å². The molecule has 0 aromatic carbocycles. The van der Waals surface area contributed by atoms with Crippen LogP contribution in [0, 0.1) is 0 Å². The monoisotopic (exact) mass is 708 g/mol. The maximum Gasteiger partial charge on any atom is 0.222 e. The fourth-order valence-corrected chi connectivity index (χ4v) is 7.11. The molecule has 0 aliphatic carbocycles. The van der Waals surface area contributed by atoms with E-state index in [1.807, 2.05) is 0 Å². The molecule has 0 fully saturated rings. The van der Waals surface area contributed by atoms with E-state index in [2.05, 4.69) is 31.3 Å². The van der Waals surface area contributed by atoms with E-state index < -0.39 is 18.2 Å². The predicted octanol–water partition coefficient (Wildman–Crippen LogP) is 12.8. The van der Waals surface area contributed by atoms with Crippen LogP contribution in [0.25, 0.3) is 0 Å². The van der Waals surface area contributed by atoms with E-state index in [0.29, 0.717) is 12.8 Å². The molecule has 298 valence electrons. The summed E-state index contributed by atoms with van der Waals surface area (Å²) in [6, 6.07) is -0.657. The molecule has 0 radical (unpaired) electrons. The molecule has 0 aliphatic rings. The Morgan fingerprint density at radius 3 is 1.18 bits per heavy atom. The molecule has 5 heteroatoms. The van der Waals surface area contributed by atoms with Gasteiger partial charge in [-0.25, -0.2) is 0 Å². The van der Waals surface area contributed by atoms with Crippen LogP contribution < -0.4 is 5.32 Å². The van der Waals surface area contributed by atoms with E-state index in [9.17, 15) is 20.1 Å². The van der Waals surface area contributed by atoms with Gasteiger partial charge >= 0.3 is 0 Å². The van der Waals surface area contributed by atoms with Crippen molar-refractivity contribution in [1.29, 1.82) is 0 Å². The highest BCUT2D eigenvalue weighted by atomic mass is 16.3. The molecule has 3 unspecified atom stereocenters. The number of hydrogen-bond acceptors (Lipinski definition) is 4. The molecule has 0 saturated carbocycles. The Bertz CT molecular complexity index is 699. The SMILES string of the molecule is CCCCCC/C=C\CCCCCCCC(O)CC(=O)NC(CO)C(O)CCCCCCCCCCCCCCCCCCCCCCCC. The highest BCUT2D eigenvalue weighted by Gasteiger charge is 2.21. The van der Waals surface area contributed by atoms with Gasteiger partial charge in [0.25, 0.3) is 0 Å². The molecular weight excluding hydrogens is 618 g/mol. The van der Waals surface area contributed by atoms with Crippen molar-refractivity contribution < 1.29 is 20.1 Å². The largest absolute Gasteiger partial charge is 0.394 e. The van der Waals surface area contributed by atoms with Gasteiger partial charge in [0.15, 0.2) is 0 Å². The molecule has 0 bridgehead atoms. The lowest BCUT2D eigenvalue weighted by atomic mass is 10.0. The third-order valence-corrected chi connectivity index (χ3v) is 10.6. The number of aliphatic hydroxyl groups excluding tert-OH is 3. The number of unbranched alkanes of at least 4 members (excludes halogenated alkanes) is 30. The molecule has 0 heterocycles. The first-order chi connectivity index (χ1) is 24.5. The highest BCUT2D eigenvalue weighted by molar-refractivity contribution is 5.76. The van der Waals surface area contributed by atoms with Gasteiger partial charge in [0.2, 0.25) is 5.91 Å². The second kappa shape index (κ2) is 40.9. The standard InChI is InChI=1S/C45H89NO4/c1-3-5-7-9-11-13-15-17-18-19-20-21-22-23-24-25-27-29-31-33-35-37-39-44(49)43(41-47)46-45(50)40-42(48)38-36-34-32-30-28-26-16-14-12-10-8-6-4-2/h14,16,42-44,47-49H,3-13,15,17-41H2,1-2H3,(H,46,50)/b16-14-. The number of aliphatic hydroxyl groups is 3. The van der Waals surface area contributed by atoms with Gasteiger partial charge < -0.3 is 20.6 Å². The van der Waals surface area contributed by atoms with Crippen molar-refractivity contribution in [2.24, 2.45) is 0 Å². The molecule has 1 amide bonds. The van der Waals surface area contributed by atoms with Crippen molar-refractivity contribution in [1.82, 2.24) is 5.32 Å². The summed E-state index contributed by atoms with van der Waals surface area (Å²) in [5.41, 5.74) is 0. The maximum atomic E-state index is 12.4. The average Bonchev–Trinajstić information content (AvgIpc) is 3.11. The zero-order chi connectivity index (χ0) is 36.6. The summed E-state index contributed by atoms with van der Waals surface area (Å²) in [7, 11) is 0. The zero-order valence-electron chi connectivity index (χ0n) is 33.8. The van der Waals surface area contributed by atoms with Crippen LogP contribution in [0.1, 0.15) is 245 Å². The number of allylic oxidation sites excluding steroid dienone is 2. The van der Waals surface area contributed by atoms with Crippen molar-refractivity contribution in [3.05, 3.63) is 12.2 Å². The van der Waals surface area contributed by atoms with Gasteiger partial charge in [-0.2, -0.15) is 0 Å². The van der Waals surface area contributed by atoms with Crippen LogP contribution in [0.3, 0.4) is 0 Å². The first-order valence-corrected chi connectivity index (χ1v) is 22.5. The third-order valence-electron chi connectivity index (χ3n) is 10.6. The second-order valence-corrected chi connectivity index (χ2v) is 15.7. The Hall–Kier alpha value is -0.910. The van der Waals surface area contributed by atoms with E-state index in [1.54, 1.807) is 0 Å². The van der Waals surface area contributed by atoms with Crippen LogP contribution in [-0.2, 0) is 4.79 Å². The quantitative estimate of drug-likeness (QED) is 0.0376. The summed E-state index contributed by atoms with van der Waals surface area (Å²) in [5, 5.41) is 33.4. The minimum absolute atomic E-state index is 0.0334. The first kappa shape index (κ1) is 49.1. The summed E-state index contributed by atoms with van der Waals surface area (Å²) in [4.78, 5) is 12.4. The minimum atomic E-state index is -0.748. The zero-order valence-corrected chi connectivity index (χ0v) is 33.8. The van der Waals surface area contributed by atoms with E-state index >= 15 is 0 Å². The van der Waals surface area contributed by atoms with Crippen LogP contribution in [0.4, 0.5) is 0 Å². The second-order valence-electron chi connectivity index (χ2n) is 15.7. The first-order valence-electron chi connectivity index (χ1n) is 22.5. The average molecular weight is 708 g/mol. The molecule has 0 spiro atoms. The van der Waals surface area contributed by atoms with Gasteiger partial charge in [0.05, 0.1) is 31.3 Å². The highest BCUT2D eigenvalue weighted by Crippen LogP contribution is 2.17. The van der Waals surface area contributed by atoms with Gasteiger partial charge in [-0.1, -0.05) is 212 Å². The van der Waals surface area contributed by atoms with Crippen molar-refractivity contribution >= 4 is 5.91 Å². The normalized spacial score (nSPS) is 13.6. The molecule has 0 aromatic rings. The van der Waals surface area contributed by atoms with Crippen molar-refractivity contribution in [3.8, 4) is 0 Å². The summed E-state index contributed by atoms with van der Waals surface area (Å²) < 4.78 is 0. The molecule has 0 saturated heterocycles. The molecule has 3 atom stereocenters. The fourth-order valence-electron chi connectivity index (χ4n) is 7.11. The molecule has 0 aromatic heterocycles. The van der Waals surface area contributed by atoms with E-state index in [4.69, 9.17) is 0 Å². The minimum Gasteiger partial charge on any atom is -0.394 e. The molecular formula is C45H89NO4. The molecule has 4 N–H and O–H groups in total. The van der Waals surface area contributed by atoms with Crippen molar-refractivity contribution in [3.63, 3.8) is 0 Å². The number of rotatable bonds is 41. The smallest absolute Gasteiger partial charge is 0.222 e. The Balaban J connectivity index is 3.57. The number of amides is 1. The van der Waals surface area contributed by atoms with Crippen LogP contribution in [0.5, 0.6) is 0 Å². The van der Waals surface area contributed by atoms with Gasteiger partial charge in [-0.05, 0) is 38.5 Å². The number of hydrogen-bond donors (Lipinski definition) is 4. The van der Waals surface area contributed by atoms with Gasteiger partial charge in [-0.3, -0.25) is 4.79 Å². The Morgan fingerprint density at radius 2 is 0.800 bits per heavy atom. The Kier molecular flexibility index (Phi) is 40.1. The van der Waals surface area contributed by atoms with Crippen molar-refractivity contribution in [2.45, 2.75) is 263 Å². The van der Waals surface area contributed by atoms with E-state index in [1.165, 1.54) is 180 Å². The molecule has 5 nitrogen and oxygen atoms in total. The number of nitrogens with one attached hydrogen (secondary N) is 1. The topological polar surface area (TPSA) is 89.8 Å².